The lowest BCUT2D eigenvalue weighted by Gasteiger charge is -2.39. The largest absolute Gasteiger partial charge is 0.396 e. The Morgan fingerprint density at radius 2 is 2.05 bits per heavy atom. The predicted molar refractivity (Wildman–Crippen MR) is 85.7 cm³/mol. The van der Waals surface area contributed by atoms with Crippen LogP contribution in [0, 0.1) is 5.41 Å². The molecular formula is C16H21ClN2O3. The van der Waals surface area contributed by atoms with Crippen LogP contribution >= 0.6 is 11.6 Å². The molecule has 1 aliphatic heterocycles. The molecule has 1 aromatic carbocycles. The van der Waals surface area contributed by atoms with Crippen molar-refractivity contribution in [3.8, 4) is 0 Å². The molecule has 1 aromatic rings. The molecular weight excluding hydrogens is 304 g/mol. The second kappa shape index (κ2) is 7.11. The molecule has 2 N–H and O–H groups in total. The van der Waals surface area contributed by atoms with E-state index in [1.54, 1.807) is 29.2 Å². The number of halogens is 1. The van der Waals surface area contributed by atoms with Gasteiger partial charge in [-0.2, -0.15) is 0 Å². The first kappa shape index (κ1) is 16.8. The molecule has 120 valence electrons. The van der Waals surface area contributed by atoms with Gasteiger partial charge < -0.3 is 15.3 Å². The Hall–Kier alpha value is -1.59. The van der Waals surface area contributed by atoms with Crippen molar-refractivity contribution in [3.05, 3.63) is 29.3 Å². The van der Waals surface area contributed by atoms with Crippen LogP contribution in [0.15, 0.2) is 24.3 Å². The quantitative estimate of drug-likeness (QED) is 0.838. The molecule has 2 amide bonds. The first-order valence-corrected chi connectivity index (χ1v) is 7.84. The Balaban J connectivity index is 1.93. The number of benzene rings is 1. The first-order chi connectivity index (χ1) is 10.5. The van der Waals surface area contributed by atoms with Crippen LogP contribution in [0.25, 0.3) is 0 Å². The Kier molecular flexibility index (Phi) is 5.42. The molecule has 0 aliphatic carbocycles. The zero-order valence-electron chi connectivity index (χ0n) is 12.6. The number of hydrogen-bond donors (Lipinski definition) is 2. The molecule has 5 nitrogen and oxygen atoms in total. The summed E-state index contributed by atoms with van der Waals surface area (Å²) in [4.78, 5) is 25.8. The Labute approximate surface area is 135 Å². The minimum Gasteiger partial charge on any atom is -0.396 e. The van der Waals surface area contributed by atoms with Gasteiger partial charge in [0.25, 0.3) is 0 Å². The van der Waals surface area contributed by atoms with E-state index in [0.717, 1.165) is 19.3 Å². The molecule has 0 spiro atoms. The highest BCUT2D eigenvalue weighted by molar-refractivity contribution is 6.39. The number of nitrogens with one attached hydrogen (secondary N) is 1. The molecule has 1 aliphatic rings. The van der Waals surface area contributed by atoms with Gasteiger partial charge in [-0.05, 0) is 42.9 Å². The predicted octanol–water partition coefficient (Wildman–Crippen LogP) is 2.29. The first-order valence-electron chi connectivity index (χ1n) is 7.46. The lowest BCUT2D eigenvalue weighted by Crippen LogP contribution is -2.48. The summed E-state index contributed by atoms with van der Waals surface area (Å²) in [6, 6.07) is 6.68. The third-order valence-electron chi connectivity index (χ3n) is 4.47. The smallest absolute Gasteiger partial charge is 0.313 e. The van der Waals surface area contributed by atoms with Crippen LogP contribution in [-0.4, -0.2) is 41.5 Å². The minimum atomic E-state index is -0.657. The zero-order valence-corrected chi connectivity index (χ0v) is 13.4. The third kappa shape index (κ3) is 3.78. The molecule has 0 atom stereocenters. The van der Waals surface area contributed by atoms with Gasteiger partial charge in [-0.1, -0.05) is 24.6 Å². The summed E-state index contributed by atoms with van der Waals surface area (Å²) in [6.45, 7) is 3.16. The van der Waals surface area contributed by atoms with Crippen LogP contribution in [0.2, 0.25) is 5.02 Å². The summed E-state index contributed by atoms with van der Waals surface area (Å²) in [5.74, 6) is -1.20. The van der Waals surface area contributed by atoms with Crippen molar-refractivity contribution in [2.24, 2.45) is 5.41 Å². The monoisotopic (exact) mass is 324 g/mol. The van der Waals surface area contributed by atoms with Crippen LogP contribution < -0.4 is 5.32 Å². The fourth-order valence-corrected chi connectivity index (χ4v) is 2.89. The van der Waals surface area contributed by atoms with Gasteiger partial charge in [0.2, 0.25) is 0 Å². The SMILES string of the molecule is CCC1(CO)CCN(C(=O)C(=O)Nc2cccc(Cl)c2)CC1. The average Bonchev–Trinajstić information content (AvgIpc) is 2.54. The topological polar surface area (TPSA) is 69.6 Å². The second-order valence-electron chi connectivity index (χ2n) is 5.77. The molecule has 6 heteroatoms. The van der Waals surface area contributed by atoms with E-state index in [4.69, 9.17) is 11.6 Å². The molecule has 0 saturated carbocycles. The number of piperidine rings is 1. The molecule has 1 saturated heterocycles. The van der Waals surface area contributed by atoms with E-state index in [9.17, 15) is 14.7 Å². The highest BCUT2D eigenvalue weighted by atomic mass is 35.5. The fourth-order valence-electron chi connectivity index (χ4n) is 2.70. The van der Waals surface area contributed by atoms with Crippen LogP contribution in [0.1, 0.15) is 26.2 Å². The number of nitrogens with zero attached hydrogens (tertiary/aromatic N) is 1. The van der Waals surface area contributed by atoms with Crippen LogP contribution in [0.5, 0.6) is 0 Å². The number of amides is 2. The van der Waals surface area contributed by atoms with Crippen molar-refractivity contribution in [1.29, 1.82) is 0 Å². The van der Waals surface area contributed by atoms with Crippen molar-refractivity contribution in [3.63, 3.8) is 0 Å². The summed E-state index contributed by atoms with van der Waals surface area (Å²) in [6.07, 6.45) is 2.31. The van der Waals surface area contributed by atoms with Crippen LogP contribution in [0.3, 0.4) is 0 Å². The normalized spacial score (nSPS) is 17.1. The van der Waals surface area contributed by atoms with Crippen molar-refractivity contribution in [2.75, 3.05) is 25.0 Å². The van der Waals surface area contributed by atoms with Crippen molar-refractivity contribution < 1.29 is 14.7 Å². The van der Waals surface area contributed by atoms with Gasteiger partial charge in [0.15, 0.2) is 0 Å². The van der Waals surface area contributed by atoms with Gasteiger partial charge in [0, 0.05) is 30.4 Å². The summed E-state index contributed by atoms with van der Waals surface area (Å²) < 4.78 is 0. The number of anilines is 1. The van der Waals surface area contributed by atoms with E-state index in [2.05, 4.69) is 5.32 Å². The number of likely N-dealkylation sites (tertiary alicyclic amines) is 1. The lowest BCUT2D eigenvalue weighted by atomic mass is 9.77. The van der Waals surface area contributed by atoms with E-state index in [1.165, 1.54) is 0 Å². The molecule has 0 aromatic heterocycles. The van der Waals surface area contributed by atoms with E-state index in [-0.39, 0.29) is 12.0 Å². The van der Waals surface area contributed by atoms with E-state index in [0.29, 0.717) is 23.8 Å². The van der Waals surface area contributed by atoms with Crippen LogP contribution in [0.4, 0.5) is 5.69 Å². The summed E-state index contributed by atoms with van der Waals surface area (Å²) >= 11 is 5.85. The van der Waals surface area contributed by atoms with Crippen molar-refractivity contribution in [1.82, 2.24) is 4.90 Å². The summed E-state index contributed by atoms with van der Waals surface area (Å²) in [5.41, 5.74) is 0.390. The average molecular weight is 325 g/mol. The standard InChI is InChI=1S/C16H21ClN2O3/c1-2-16(11-20)6-8-19(9-7-16)15(22)14(21)18-13-5-3-4-12(17)10-13/h3-5,10,20H,2,6-9,11H2,1H3,(H,18,21). The van der Waals surface area contributed by atoms with Gasteiger partial charge in [0.1, 0.15) is 0 Å². The second-order valence-corrected chi connectivity index (χ2v) is 6.20. The fraction of sp³-hybridized carbons (Fsp3) is 0.500. The van der Waals surface area contributed by atoms with Gasteiger partial charge in [-0.15, -0.1) is 0 Å². The maximum absolute atomic E-state index is 12.2. The van der Waals surface area contributed by atoms with E-state index in [1.807, 2.05) is 6.92 Å². The molecule has 0 unspecified atom stereocenters. The molecule has 0 radical (unpaired) electrons. The van der Waals surface area contributed by atoms with Gasteiger partial charge in [-0.3, -0.25) is 9.59 Å². The zero-order chi connectivity index (χ0) is 16.2. The summed E-state index contributed by atoms with van der Waals surface area (Å²) in [5, 5.41) is 12.6. The highest BCUT2D eigenvalue weighted by Gasteiger charge is 2.35. The molecule has 0 bridgehead atoms. The number of rotatable bonds is 3. The Morgan fingerprint density at radius 3 is 2.59 bits per heavy atom. The van der Waals surface area contributed by atoms with Crippen molar-refractivity contribution in [2.45, 2.75) is 26.2 Å². The van der Waals surface area contributed by atoms with Crippen molar-refractivity contribution >= 4 is 29.1 Å². The molecule has 22 heavy (non-hydrogen) atoms. The number of carbonyl (C=O) groups is 2. The van der Waals surface area contributed by atoms with E-state index >= 15 is 0 Å². The third-order valence-corrected chi connectivity index (χ3v) is 4.71. The maximum atomic E-state index is 12.2. The van der Waals surface area contributed by atoms with Gasteiger partial charge >= 0.3 is 11.8 Å². The Morgan fingerprint density at radius 1 is 1.36 bits per heavy atom. The van der Waals surface area contributed by atoms with Crippen LogP contribution in [-0.2, 0) is 9.59 Å². The number of aliphatic hydroxyl groups is 1. The van der Waals surface area contributed by atoms with E-state index < -0.39 is 11.8 Å². The molecule has 1 heterocycles. The number of carbonyl (C=O) groups excluding carboxylic acids is 2. The maximum Gasteiger partial charge on any atom is 0.313 e. The Bertz CT molecular complexity index is 548. The minimum absolute atomic E-state index is 0.111. The number of hydrogen-bond acceptors (Lipinski definition) is 3. The summed E-state index contributed by atoms with van der Waals surface area (Å²) in [7, 11) is 0. The molecule has 1 fully saturated rings. The lowest BCUT2D eigenvalue weighted by molar-refractivity contribution is -0.145. The molecule has 2 rings (SSSR count). The van der Waals surface area contributed by atoms with Gasteiger partial charge in [-0.25, -0.2) is 0 Å². The number of aliphatic hydroxyl groups excluding tert-OH is 1. The van der Waals surface area contributed by atoms with Gasteiger partial charge in [0.05, 0.1) is 0 Å². The highest BCUT2D eigenvalue weighted by Crippen LogP contribution is 2.34.